The van der Waals surface area contributed by atoms with Gasteiger partial charge in [0.25, 0.3) is 10.0 Å². The maximum absolute atomic E-state index is 15.3. The molecule has 1 aromatic rings. The summed E-state index contributed by atoms with van der Waals surface area (Å²) in [5, 5.41) is 0. The zero-order valence-corrected chi connectivity index (χ0v) is 18.4. The lowest BCUT2D eigenvalue weighted by atomic mass is 9.62. The number of benzene rings is 1. The standard InChI is InChI=1S/C22H34FN3O2S/c1-17-8-11-22(25-14-12-24(2)13-15-25)21-16-18(9-10-20(17)21)26(23)29(27,28)19-6-4-3-5-7-19/h3-7,17-18,20-22H,8-16H2,1-2H3/t17?,18-,20?,21?,22?/m1/s1. The second kappa shape index (κ2) is 8.61. The number of hydrogen-bond acceptors (Lipinski definition) is 4. The Balaban J connectivity index is 1.52. The molecule has 7 heteroatoms. The molecule has 2 saturated carbocycles. The Morgan fingerprint density at radius 3 is 2.34 bits per heavy atom. The van der Waals surface area contributed by atoms with E-state index in [2.05, 4.69) is 23.8 Å². The maximum atomic E-state index is 15.3. The van der Waals surface area contributed by atoms with E-state index >= 15 is 4.48 Å². The van der Waals surface area contributed by atoms with Gasteiger partial charge in [-0.15, -0.1) is 4.48 Å². The van der Waals surface area contributed by atoms with Gasteiger partial charge < -0.3 is 4.90 Å². The molecule has 5 atom stereocenters. The van der Waals surface area contributed by atoms with Gasteiger partial charge >= 0.3 is 0 Å². The number of fused-ring (bicyclic) bond motifs is 1. The first kappa shape index (κ1) is 21.2. The molecular formula is C22H34FN3O2S. The average Bonchev–Trinajstić information content (AvgIpc) is 2.74. The molecule has 1 aromatic carbocycles. The van der Waals surface area contributed by atoms with Gasteiger partial charge in [0.1, 0.15) is 0 Å². The molecule has 0 amide bonds. The van der Waals surface area contributed by atoms with Gasteiger partial charge in [-0.25, -0.2) is 8.42 Å². The highest BCUT2D eigenvalue weighted by atomic mass is 32.2. The van der Waals surface area contributed by atoms with E-state index in [0.29, 0.717) is 36.6 Å². The van der Waals surface area contributed by atoms with Gasteiger partial charge in [-0.1, -0.05) is 25.1 Å². The van der Waals surface area contributed by atoms with Gasteiger partial charge in [0.05, 0.1) is 10.9 Å². The summed E-state index contributed by atoms with van der Waals surface area (Å²) < 4.78 is 41.1. The minimum absolute atomic E-state index is 0.0391. The summed E-state index contributed by atoms with van der Waals surface area (Å²) in [6, 6.07) is 7.89. The van der Waals surface area contributed by atoms with Crippen LogP contribution in [0.1, 0.15) is 39.0 Å². The molecule has 4 unspecified atom stereocenters. The highest BCUT2D eigenvalue weighted by Gasteiger charge is 2.46. The van der Waals surface area contributed by atoms with Crippen LogP contribution in [0.5, 0.6) is 0 Å². The lowest BCUT2D eigenvalue weighted by Crippen LogP contribution is -2.56. The Bertz CT molecular complexity index is 783. The molecule has 0 radical (unpaired) electrons. The van der Waals surface area contributed by atoms with Crippen molar-refractivity contribution < 1.29 is 12.9 Å². The number of likely N-dealkylation sites (N-methyl/N-ethyl adjacent to an activating group) is 1. The number of rotatable bonds is 4. The van der Waals surface area contributed by atoms with Gasteiger partial charge in [-0.3, -0.25) is 4.90 Å². The fourth-order valence-corrected chi connectivity index (χ4v) is 7.18. The molecular weight excluding hydrogens is 389 g/mol. The van der Waals surface area contributed by atoms with Gasteiger partial charge in [0.15, 0.2) is 0 Å². The van der Waals surface area contributed by atoms with Crippen molar-refractivity contribution in [2.24, 2.45) is 17.8 Å². The predicted octanol–water partition coefficient (Wildman–Crippen LogP) is 3.39. The second-order valence-corrected chi connectivity index (χ2v) is 11.1. The molecule has 0 N–H and O–H groups in total. The summed E-state index contributed by atoms with van der Waals surface area (Å²) in [5.41, 5.74) is 0. The van der Waals surface area contributed by atoms with E-state index in [4.69, 9.17) is 0 Å². The molecule has 3 aliphatic rings. The SMILES string of the molecule is CC1CCC(N2CCN(C)CC2)C2C[C@H](N(F)S(=O)(=O)c3ccccc3)CCC12. The molecule has 0 spiro atoms. The van der Waals surface area contributed by atoms with Gasteiger partial charge in [0, 0.05) is 32.2 Å². The molecule has 162 valence electrons. The summed E-state index contributed by atoms with van der Waals surface area (Å²) in [6.45, 7) is 6.59. The Morgan fingerprint density at radius 2 is 1.66 bits per heavy atom. The van der Waals surface area contributed by atoms with Crippen molar-refractivity contribution in [2.75, 3.05) is 33.2 Å². The van der Waals surface area contributed by atoms with E-state index in [-0.39, 0.29) is 9.42 Å². The lowest BCUT2D eigenvalue weighted by molar-refractivity contribution is -0.0424. The van der Waals surface area contributed by atoms with Crippen molar-refractivity contribution >= 4 is 10.0 Å². The Kier molecular flexibility index (Phi) is 6.30. The Hall–Kier alpha value is -1.02. The second-order valence-electron chi connectivity index (χ2n) is 9.32. The smallest absolute Gasteiger partial charge is 0.269 e. The minimum Gasteiger partial charge on any atom is -0.304 e. The van der Waals surface area contributed by atoms with Crippen LogP contribution in [0.25, 0.3) is 0 Å². The van der Waals surface area contributed by atoms with Crippen LogP contribution in [0.15, 0.2) is 35.2 Å². The van der Waals surface area contributed by atoms with Gasteiger partial charge in [0.2, 0.25) is 0 Å². The molecule has 2 aliphatic carbocycles. The van der Waals surface area contributed by atoms with Crippen LogP contribution in [0.2, 0.25) is 0 Å². The van der Waals surface area contributed by atoms with E-state index in [1.54, 1.807) is 18.2 Å². The van der Waals surface area contributed by atoms with Gasteiger partial charge in [-0.05, 0) is 73.6 Å². The fourth-order valence-electron chi connectivity index (χ4n) is 5.90. The molecule has 0 aromatic heterocycles. The van der Waals surface area contributed by atoms with Crippen molar-refractivity contribution in [3.8, 4) is 0 Å². The number of piperazine rings is 1. The maximum Gasteiger partial charge on any atom is 0.269 e. The normalized spacial score (nSPS) is 34.8. The lowest BCUT2D eigenvalue weighted by Gasteiger charge is -2.52. The summed E-state index contributed by atoms with van der Waals surface area (Å²) in [7, 11) is -1.93. The third-order valence-electron chi connectivity index (χ3n) is 7.63. The third-order valence-corrected chi connectivity index (χ3v) is 9.26. The number of sulfonamides is 1. The summed E-state index contributed by atoms with van der Waals surface area (Å²) in [5.74, 6) is 1.60. The molecule has 29 heavy (non-hydrogen) atoms. The first-order valence-electron chi connectivity index (χ1n) is 11.1. The zero-order valence-electron chi connectivity index (χ0n) is 17.6. The topological polar surface area (TPSA) is 43.9 Å². The first-order chi connectivity index (χ1) is 13.9. The summed E-state index contributed by atoms with van der Waals surface area (Å²) in [4.78, 5) is 5.00. The highest BCUT2D eigenvalue weighted by Crippen LogP contribution is 2.47. The van der Waals surface area contributed by atoms with Crippen LogP contribution in [0.4, 0.5) is 4.48 Å². The number of hydrogen-bond donors (Lipinski definition) is 0. The first-order valence-corrected chi connectivity index (χ1v) is 12.5. The average molecular weight is 424 g/mol. The van der Waals surface area contributed by atoms with E-state index in [9.17, 15) is 8.42 Å². The van der Waals surface area contributed by atoms with Crippen molar-refractivity contribution in [1.82, 2.24) is 14.3 Å². The molecule has 1 heterocycles. The summed E-state index contributed by atoms with van der Waals surface area (Å²) >= 11 is 0. The largest absolute Gasteiger partial charge is 0.304 e. The zero-order chi connectivity index (χ0) is 20.6. The molecule has 3 fully saturated rings. The van der Waals surface area contributed by atoms with Crippen LogP contribution in [0, 0.1) is 17.8 Å². The molecule has 1 saturated heterocycles. The third kappa shape index (κ3) is 4.24. The van der Waals surface area contributed by atoms with Crippen LogP contribution in [-0.4, -0.2) is 68.1 Å². The number of halogens is 1. The Morgan fingerprint density at radius 1 is 0.966 bits per heavy atom. The van der Waals surface area contributed by atoms with E-state index in [1.807, 2.05) is 0 Å². The van der Waals surface area contributed by atoms with Crippen molar-refractivity contribution in [1.29, 1.82) is 0 Å². The minimum atomic E-state index is -4.09. The molecule has 0 bridgehead atoms. The fraction of sp³-hybridized carbons (Fsp3) is 0.727. The van der Waals surface area contributed by atoms with Gasteiger partial charge in [-0.2, -0.15) is 0 Å². The predicted molar refractivity (Wildman–Crippen MR) is 112 cm³/mol. The van der Waals surface area contributed by atoms with Crippen LogP contribution >= 0.6 is 0 Å². The highest BCUT2D eigenvalue weighted by molar-refractivity contribution is 7.89. The molecule has 1 aliphatic heterocycles. The Labute approximate surface area is 174 Å². The van der Waals surface area contributed by atoms with Crippen LogP contribution < -0.4 is 0 Å². The van der Waals surface area contributed by atoms with Crippen molar-refractivity contribution in [2.45, 2.75) is 56.0 Å². The van der Waals surface area contributed by atoms with E-state index in [1.165, 1.54) is 18.6 Å². The van der Waals surface area contributed by atoms with E-state index < -0.39 is 16.1 Å². The monoisotopic (exact) mass is 423 g/mol. The molecule has 5 nitrogen and oxygen atoms in total. The van der Waals surface area contributed by atoms with Crippen LogP contribution in [0.3, 0.4) is 0 Å². The summed E-state index contributed by atoms with van der Waals surface area (Å²) in [6.07, 6.45) is 4.55. The van der Waals surface area contributed by atoms with Crippen molar-refractivity contribution in [3.05, 3.63) is 30.3 Å². The van der Waals surface area contributed by atoms with Crippen molar-refractivity contribution in [3.63, 3.8) is 0 Å². The van der Waals surface area contributed by atoms with E-state index in [0.717, 1.165) is 39.0 Å². The van der Waals surface area contributed by atoms with Crippen LogP contribution in [-0.2, 0) is 10.0 Å². The quantitative estimate of drug-likeness (QED) is 0.697. The number of nitrogens with zero attached hydrogens (tertiary/aromatic N) is 3. The molecule has 4 rings (SSSR count).